The topological polar surface area (TPSA) is 36.4 Å². The highest BCUT2D eigenvalue weighted by Gasteiger charge is 2.24. The zero-order valence-electron chi connectivity index (χ0n) is 15.0. The first-order valence-electron chi connectivity index (χ1n) is 8.88. The van der Waals surface area contributed by atoms with Crippen LogP contribution in [-0.2, 0) is 0 Å². The molecule has 1 aliphatic rings. The lowest BCUT2D eigenvalue weighted by Crippen LogP contribution is -2.48. The van der Waals surface area contributed by atoms with Crippen molar-refractivity contribution in [2.24, 2.45) is 0 Å². The lowest BCUT2D eigenvalue weighted by Gasteiger charge is -2.36. The fourth-order valence-corrected chi connectivity index (χ4v) is 3.50. The number of rotatable bonds is 2. The molecule has 0 spiro atoms. The highest BCUT2D eigenvalue weighted by Crippen LogP contribution is 2.23. The van der Waals surface area contributed by atoms with Gasteiger partial charge in [0.05, 0.1) is 11.1 Å². The molecule has 0 bridgehead atoms. The molecular formula is C21H19F2N3O. The number of benzene rings is 2. The first-order valence-corrected chi connectivity index (χ1v) is 8.88. The van der Waals surface area contributed by atoms with Crippen molar-refractivity contribution in [3.05, 3.63) is 71.4 Å². The van der Waals surface area contributed by atoms with Crippen LogP contribution >= 0.6 is 0 Å². The van der Waals surface area contributed by atoms with Crippen molar-refractivity contribution < 1.29 is 13.6 Å². The molecule has 0 saturated carbocycles. The van der Waals surface area contributed by atoms with E-state index in [-0.39, 0.29) is 17.5 Å². The maximum absolute atomic E-state index is 13.5. The van der Waals surface area contributed by atoms with E-state index >= 15 is 0 Å². The normalized spacial score (nSPS) is 14.6. The molecule has 0 N–H and O–H groups in total. The van der Waals surface area contributed by atoms with Crippen LogP contribution in [0.15, 0.2) is 48.5 Å². The Labute approximate surface area is 156 Å². The number of nitrogens with zero attached hydrogens (tertiary/aromatic N) is 3. The van der Waals surface area contributed by atoms with Gasteiger partial charge in [0.1, 0.15) is 11.6 Å². The van der Waals surface area contributed by atoms with Crippen molar-refractivity contribution in [3.8, 4) is 0 Å². The molecule has 0 radical (unpaired) electrons. The van der Waals surface area contributed by atoms with Crippen molar-refractivity contribution in [2.45, 2.75) is 6.92 Å². The second kappa shape index (κ2) is 6.95. The van der Waals surface area contributed by atoms with Gasteiger partial charge >= 0.3 is 0 Å². The van der Waals surface area contributed by atoms with Gasteiger partial charge in [-0.2, -0.15) is 0 Å². The molecule has 1 saturated heterocycles. The second-order valence-electron chi connectivity index (χ2n) is 6.73. The van der Waals surface area contributed by atoms with Crippen molar-refractivity contribution in [1.82, 2.24) is 9.88 Å². The minimum absolute atomic E-state index is 0.0733. The van der Waals surface area contributed by atoms with E-state index in [4.69, 9.17) is 0 Å². The van der Waals surface area contributed by atoms with Crippen molar-refractivity contribution in [1.29, 1.82) is 0 Å². The predicted octanol–water partition coefficient (Wildman–Crippen LogP) is 3.78. The van der Waals surface area contributed by atoms with Gasteiger partial charge in [0.2, 0.25) is 0 Å². The van der Waals surface area contributed by atoms with Gasteiger partial charge in [-0.15, -0.1) is 0 Å². The van der Waals surface area contributed by atoms with E-state index in [2.05, 4.69) is 9.88 Å². The quantitative estimate of drug-likeness (QED) is 0.692. The molecule has 27 heavy (non-hydrogen) atoms. The summed E-state index contributed by atoms with van der Waals surface area (Å²) in [6.45, 7) is 4.29. The number of carbonyl (C=O) groups is 1. The first kappa shape index (κ1) is 17.4. The molecule has 1 fully saturated rings. The maximum Gasteiger partial charge on any atom is 0.254 e. The maximum atomic E-state index is 13.5. The zero-order chi connectivity index (χ0) is 19.0. The Morgan fingerprint density at radius 2 is 1.59 bits per heavy atom. The fraction of sp³-hybridized carbons (Fsp3) is 0.238. The van der Waals surface area contributed by atoms with Gasteiger partial charge in [0, 0.05) is 49.0 Å². The van der Waals surface area contributed by atoms with Gasteiger partial charge in [-0.05, 0) is 49.4 Å². The lowest BCUT2D eigenvalue weighted by atomic mass is 10.1. The Balaban J connectivity index is 1.54. The number of aryl methyl sites for hydroxylation is 1. The molecule has 138 valence electrons. The summed E-state index contributed by atoms with van der Waals surface area (Å²) in [6, 6.07) is 12.5. The second-order valence-corrected chi connectivity index (χ2v) is 6.73. The van der Waals surface area contributed by atoms with E-state index in [1.165, 1.54) is 24.3 Å². The van der Waals surface area contributed by atoms with Crippen LogP contribution in [0.25, 0.3) is 10.9 Å². The number of anilines is 1. The summed E-state index contributed by atoms with van der Waals surface area (Å²) in [5.74, 6) is -0.702. The third-order valence-electron chi connectivity index (χ3n) is 4.89. The Bertz CT molecular complexity index is 991. The lowest BCUT2D eigenvalue weighted by molar-refractivity contribution is 0.0748. The Kier molecular flexibility index (Phi) is 4.48. The number of pyridine rings is 1. The van der Waals surface area contributed by atoms with Gasteiger partial charge in [-0.1, -0.05) is 0 Å². The highest BCUT2D eigenvalue weighted by atomic mass is 19.1. The Morgan fingerprint density at radius 1 is 0.926 bits per heavy atom. The number of hydrogen-bond donors (Lipinski definition) is 0. The SMILES string of the molecule is Cc1cc(C(=O)N2CCN(c3ccc(F)cc3)CC2)c2ccc(F)cc2n1. The van der Waals surface area contributed by atoms with Crippen molar-refractivity contribution in [2.75, 3.05) is 31.1 Å². The summed E-state index contributed by atoms with van der Waals surface area (Å²) in [4.78, 5) is 21.3. The Morgan fingerprint density at radius 3 is 2.30 bits per heavy atom. The van der Waals surface area contributed by atoms with Crippen LogP contribution in [-0.4, -0.2) is 42.0 Å². The van der Waals surface area contributed by atoms with Crippen LogP contribution in [0.5, 0.6) is 0 Å². The predicted molar refractivity (Wildman–Crippen MR) is 101 cm³/mol. The summed E-state index contributed by atoms with van der Waals surface area (Å²) in [5, 5.41) is 0.660. The molecule has 4 rings (SSSR count). The number of amides is 1. The summed E-state index contributed by atoms with van der Waals surface area (Å²) in [7, 11) is 0. The number of fused-ring (bicyclic) bond motifs is 1. The van der Waals surface area contributed by atoms with E-state index in [0.29, 0.717) is 48.3 Å². The van der Waals surface area contributed by atoms with E-state index in [1.807, 2.05) is 0 Å². The monoisotopic (exact) mass is 367 g/mol. The number of carbonyl (C=O) groups excluding carboxylic acids is 1. The van der Waals surface area contributed by atoms with Gasteiger partial charge in [0.15, 0.2) is 0 Å². The number of hydrogen-bond acceptors (Lipinski definition) is 3. The summed E-state index contributed by atoms with van der Waals surface area (Å²) in [6.07, 6.45) is 0. The van der Waals surface area contributed by atoms with Crippen LogP contribution in [0.3, 0.4) is 0 Å². The molecule has 2 aromatic carbocycles. The Hall–Kier alpha value is -3.02. The molecule has 4 nitrogen and oxygen atoms in total. The molecule has 2 heterocycles. The van der Waals surface area contributed by atoms with Crippen molar-refractivity contribution >= 4 is 22.5 Å². The van der Waals surface area contributed by atoms with Crippen LogP contribution < -0.4 is 4.90 Å². The van der Waals surface area contributed by atoms with Crippen molar-refractivity contribution in [3.63, 3.8) is 0 Å². The first-order chi connectivity index (χ1) is 13.0. The fourth-order valence-electron chi connectivity index (χ4n) is 3.50. The van der Waals surface area contributed by atoms with Gasteiger partial charge in [-0.3, -0.25) is 9.78 Å². The van der Waals surface area contributed by atoms with Crippen LogP contribution in [0, 0.1) is 18.6 Å². The summed E-state index contributed by atoms with van der Waals surface area (Å²) < 4.78 is 26.6. The molecule has 1 amide bonds. The molecule has 0 atom stereocenters. The van der Waals surface area contributed by atoms with Crippen LogP contribution in [0.2, 0.25) is 0 Å². The van der Waals surface area contributed by atoms with E-state index in [1.54, 1.807) is 36.1 Å². The van der Waals surface area contributed by atoms with E-state index < -0.39 is 0 Å². The third-order valence-corrected chi connectivity index (χ3v) is 4.89. The third kappa shape index (κ3) is 3.47. The standard InChI is InChI=1S/C21H19F2N3O/c1-14-12-19(18-7-4-16(23)13-20(18)24-14)21(27)26-10-8-25(9-11-26)17-5-2-15(22)3-6-17/h2-7,12-13H,8-11H2,1H3. The highest BCUT2D eigenvalue weighted by molar-refractivity contribution is 6.06. The number of piperazine rings is 1. The minimum atomic E-state index is -0.369. The zero-order valence-corrected chi connectivity index (χ0v) is 15.0. The molecule has 6 heteroatoms. The van der Waals surface area contributed by atoms with Crippen LogP contribution in [0.4, 0.5) is 14.5 Å². The van der Waals surface area contributed by atoms with Gasteiger partial charge in [0.25, 0.3) is 5.91 Å². The van der Waals surface area contributed by atoms with E-state index in [0.717, 1.165) is 5.69 Å². The smallest absolute Gasteiger partial charge is 0.254 e. The van der Waals surface area contributed by atoms with Gasteiger partial charge in [-0.25, -0.2) is 8.78 Å². The van der Waals surface area contributed by atoms with Crippen LogP contribution in [0.1, 0.15) is 16.1 Å². The molecule has 1 aromatic heterocycles. The average Bonchev–Trinajstić information content (AvgIpc) is 2.67. The number of aromatic nitrogens is 1. The number of halogens is 2. The average molecular weight is 367 g/mol. The minimum Gasteiger partial charge on any atom is -0.368 e. The largest absolute Gasteiger partial charge is 0.368 e. The van der Waals surface area contributed by atoms with E-state index in [9.17, 15) is 13.6 Å². The summed E-state index contributed by atoms with van der Waals surface area (Å²) >= 11 is 0. The molecule has 3 aromatic rings. The van der Waals surface area contributed by atoms with Gasteiger partial charge < -0.3 is 9.80 Å². The molecule has 1 aliphatic heterocycles. The molecular weight excluding hydrogens is 348 g/mol. The molecule has 0 aliphatic carbocycles. The summed E-state index contributed by atoms with van der Waals surface area (Å²) in [5.41, 5.74) is 2.67. The molecule has 0 unspecified atom stereocenters.